The standard InChI is InChI=1S/C22H22N4/c23-17-9-1-5-15-7-3-11-19(21(15)17)25-13-14-26-20-12-4-8-16-6-2-10-18(24)22(16)20/h1-12,25-26H,13-14,23-24H2. The van der Waals surface area contributed by atoms with Crippen LogP contribution in [0.5, 0.6) is 0 Å². The molecule has 4 heteroatoms. The fourth-order valence-corrected chi connectivity index (χ4v) is 3.43. The van der Waals surface area contributed by atoms with E-state index >= 15 is 0 Å². The highest BCUT2D eigenvalue weighted by Gasteiger charge is 2.05. The van der Waals surface area contributed by atoms with E-state index in [1.165, 1.54) is 0 Å². The van der Waals surface area contributed by atoms with Gasteiger partial charge in [-0.1, -0.05) is 48.5 Å². The van der Waals surface area contributed by atoms with Crippen LogP contribution in [-0.2, 0) is 0 Å². The Kier molecular flexibility index (Phi) is 4.23. The van der Waals surface area contributed by atoms with Crippen molar-refractivity contribution in [2.24, 2.45) is 0 Å². The van der Waals surface area contributed by atoms with Crippen molar-refractivity contribution in [1.29, 1.82) is 0 Å². The summed E-state index contributed by atoms with van der Waals surface area (Å²) in [6.45, 7) is 1.55. The predicted molar refractivity (Wildman–Crippen MR) is 114 cm³/mol. The van der Waals surface area contributed by atoms with Crippen molar-refractivity contribution in [3.8, 4) is 0 Å². The molecule has 0 aliphatic heterocycles. The fraction of sp³-hybridized carbons (Fsp3) is 0.0909. The molecular formula is C22H22N4. The summed E-state index contributed by atoms with van der Waals surface area (Å²) in [6.07, 6.45) is 0. The number of anilines is 4. The minimum absolute atomic E-state index is 0.774. The number of benzene rings is 4. The summed E-state index contributed by atoms with van der Waals surface area (Å²) in [4.78, 5) is 0. The summed E-state index contributed by atoms with van der Waals surface area (Å²) in [6, 6.07) is 24.4. The molecule has 0 amide bonds. The van der Waals surface area contributed by atoms with Gasteiger partial charge in [0.1, 0.15) is 0 Å². The van der Waals surface area contributed by atoms with Crippen molar-refractivity contribution in [2.75, 3.05) is 35.2 Å². The summed E-state index contributed by atoms with van der Waals surface area (Å²) in [5.41, 5.74) is 16.0. The lowest BCUT2D eigenvalue weighted by Crippen LogP contribution is -2.14. The molecule has 0 heterocycles. The maximum atomic E-state index is 6.16. The van der Waals surface area contributed by atoms with E-state index in [0.29, 0.717) is 0 Å². The van der Waals surface area contributed by atoms with Gasteiger partial charge in [0, 0.05) is 46.6 Å². The number of hydrogen-bond acceptors (Lipinski definition) is 4. The first-order chi connectivity index (χ1) is 12.7. The van der Waals surface area contributed by atoms with Gasteiger partial charge >= 0.3 is 0 Å². The average Bonchev–Trinajstić information content (AvgIpc) is 2.65. The Morgan fingerprint density at radius 3 is 1.35 bits per heavy atom. The van der Waals surface area contributed by atoms with Crippen LogP contribution < -0.4 is 22.1 Å². The van der Waals surface area contributed by atoms with Crippen molar-refractivity contribution < 1.29 is 0 Å². The molecule has 4 aromatic carbocycles. The van der Waals surface area contributed by atoms with Crippen LogP contribution in [0.15, 0.2) is 72.8 Å². The first kappa shape index (κ1) is 16.1. The van der Waals surface area contributed by atoms with E-state index < -0.39 is 0 Å². The van der Waals surface area contributed by atoms with Crippen LogP contribution in [0.4, 0.5) is 22.7 Å². The molecule has 4 aromatic rings. The summed E-state index contributed by atoms with van der Waals surface area (Å²) in [5, 5.41) is 11.4. The van der Waals surface area contributed by atoms with Crippen molar-refractivity contribution >= 4 is 44.3 Å². The zero-order chi connectivity index (χ0) is 17.9. The summed E-state index contributed by atoms with van der Waals surface area (Å²) < 4.78 is 0. The van der Waals surface area contributed by atoms with Gasteiger partial charge in [-0.2, -0.15) is 0 Å². The smallest absolute Gasteiger partial charge is 0.0441 e. The Balaban J connectivity index is 1.49. The number of nitrogens with two attached hydrogens (primary N) is 2. The second-order valence-corrected chi connectivity index (χ2v) is 6.36. The molecule has 0 saturated heterocycles. The van der Waals surface area contributed by atoms with Crippen molar-refractivity contribution in [3.05, 3.63) is 72.8 Å². The molecule has 0 aliphatic carbocycles. The third kappa shape index (κ3) is 2.97. The molecule has 0 unspecified atom stereocenters. The maximum absolute atomic E-state index is 6.16. The van der Waals surface area contributed by atoms with Crippen molar-refractivity contribution in [2.45, 2.75) is 0 Å². The van der Waals surface area contributed by atoms with Gasteiger partial charge in [0.2, 0.25) is 0 Å². The van der Waals surface area contributed by atoms with Crippen LogP contribution in [0, 0.1) is 0 Å². The SMILES string of the molecule is Nc1cccc2cccc(NCCNc3cccc4cccc(N)c34)c12. The van der Waals surface area contributed by atoms with E-state index in [4.69, 9.17) is 11.5 Å². The Morgan fingerprint density at radius 1 is 0.538 bits per heavy atom. The first-order valence-corrected chi connectivity index (χ1v) is 8.76. The molecule has 0 saturated carbocycles. The lowest BCUT2D eigenvalue weighted by Gasteiger charge is -2.14. The Labute approximate surface area is 152 Å². The van der Waals surface area contributed by atoms with Crippen LogP contribution in [0.3, 0.4) is 0 Å². The van der Waals surface area contributed by atoms with Gasteiger partial charge < -0.3 is 22.1 Å². The lowest BCUT2D eigenvalue weighted by molar-refractivity contribution is 1.08. The monoisotopic (exact) mass is 342 g/mol. The van der Waals surface area contributed by atoms with Gasteiger partial charge in [-0.3, -0.25) is 0 Å². The van der Waals surface area contributed by atoms with E-state index in [-0.39, 0.29) is 0 Å². The molecule has 6 N–H and O–H groups in total. The third-order valence-electron chi connectivity index (χ3n) is 4.63. The van der Waals surface area contributed by atoms with Crippen LogP contribution >= 0.6 is 0 Å². The minimum atomic E-state index is 0.774. The van der Waals surface area contributed by atoms with Crippen LogP contribution in [0.2, 0.25) is 0 Å². The molecule has 0 atom stereocenters. The number of hydrogen-bond donors (Lipinski definition) is 4. The molecule has 0 spiro atoms. The summed E-state index contributed by atoms with van der Waals surface area (Å²) in [5.74, 6) is 0. The van der Waals surface area contributed by atoms with Gasteiger partial charge in [0.15, 0.2) is 0 Å². The second kappa shape index (κ2) is 6.84. The Morgan fingerprint density at radius 2 is 0.923 bits per heavy atom. The predicted octanol–water partition coefficient (Wildman–Crippen LogP) is 4.68. The lowest BCUT2D eigenvalue weighted by atomic mass is 10.1. The quantitative estimate of drug-likeness (QED) is 0.314. The summed E-state index contributed by atoms with van der Waals surface area (Å²) >= 11 is 0. The van der Waals surface area contributed by atoms with Gasteiger partial charge in [-0.25, -0.2) is 0 Å². The van der Waals surface area contributed by atoms with Crippen LogP contribution in [0.25, 0.3) is 21.5 Å². The van der Waals surface area contributed by atoms with Gasteiger partial charge in [0.05, 0.1) is 0 Å². The Hall–Kier alpha value is -3.40. The van der Waals surface area contributed by atoms with E-state index in [1.807, 2.05) is 36.4 Å². The molecule has 26 heavy (non-hydrogen) atoms. The zero-order valence-corrected chi connectivity index (χ0v) is 14.5. The molecule has 4 rings (SSSR count). The molecular weight excluding hydrogens is 320 g/mol. The molecule has 0 aliphatic rings. The maximum Gasteiger partial charge on any atom is 0.0441 e. The van der Waals surface area contributed by atoms with Crippen molar-refractivity contribution in [3.63, 3.8) is 0 Å². The fourth-order valence-electron chi connectivity index (χ4n) is 3.43. The van der Waals surface area contributed by atoms with Crippen LogP contribution in [-0.4, -0.2) is 13.1 Å². The van der Waals surface area contributed by atoms with Crippen molar-refractivity contribution in [1.82, 2.24) is 0 Å². The number of fused-ring (bicyclic) bond motifs is 2. The highest BCUT2D eigenvalue weighted by atomic mass is 15.0. The summed E-state index contributed by atoms with van der Waals surface area (Å²) in [7, 11) is 0. The molecule has 0 bridgehead atoms. The number of rotatable bonds is 5. The molecule has 130 valence electrons. The third-order valence-corrected chi connectivity index (χ3v) is 4.63. The van der Waals surface area contributed by atoms with Gasteiger partial charge in [0.25, 0.3) is 0 Å². The minimum Gasteiger partial charge on any atom is -0.398 e. The molecule has 0 fully saturated rings. The highest BCUT2D eigenvalue weighted by molar-refractivity contribution is 6.03. The number of nitrogens with one attached hydrogen (secondary N) is 2. The van der Waals surface area contributed by atoms with E-state index in [1.54, 1.807) is 0 Å². The van der Waals surface area contributed by atoms with Gasteiger partial charge in [-0.15, -0.1) is 0 Å². The molecule has 4 nitrogen and oxygen atoms in total. The number of nitrogen functional groups attached to an aromatic ring is 2. The molecule has 0 aromatic heterocycles. The van der Waals surface area contributed by atoms with Crippen LogP contribution in [0.1, 0.15) is 0 Å². The normalized spacial score (nSPS) is 10.9. The highest BCUT2D eigenvalue weighted by Crippen LogP contribution is 2.30. The van der Waals surface area contributed by atoms with E-state index in [2.05, 4.69) is 47.0 Å². The van der Waals surface area contributed by atoms with E-state index in [0.717, 1.165) is 57.4 Å². The largest absolute Gasteiger partial charge is 0.398 e. The Bertz CT molecular complexity index is 974. The zero-order valence-electron chi connectivity index (χ0n) is 14.5. The topological polar surface area (TPSA) is 76.1 Å². The molecule has 0 radical (unpaired) electrons. The first-order valence-electron chi connectivity index (χ1n) is 8.76. The van der Waals surface area contributed by atoms with E-state index in [9.17, 15) is 0 Å². The second-order valence-electron chi connectivity index (χ2n) is 6.36. The van der Waals surface area contributed by atoms with Gasteiger partial charge in [-0.05, 0) is 35.0 Å². The average molecular weight is 342 g/mol.